The van der Waals surface area contributed by atoms with Crippen molar-refractivity contribution in [2.24, 2.45) is 0 Å². The van der Waals surface area contributed by atoms with Crippen LogP contribution in [0.5, 0.6) is 0 Å². The van der Waals surface area contributed by atoms with Crippen LogP contribution in [0.3, 0.4) is 0 Å². The molecule has 4 heteroatoms. The molecule has 2 aromatic rings. The summed E-state index contributed by atoms with van der Waals surface area (Å²) in [7, 11) is 0. The van der Waals surface area contributed by atoms with Crippen molar-refractivity contribution in [2.75, 3.05) is 19.7 Å². The van der Waals surface area contributed by atoms with E-state index in [0.717, 1.165) is 48.4 Å². The van der Waals surface area contributed by atoms with Gasteiger partial charge in [0.05, 0.1) is 0 Å². The number of hydrogen-bond donors (Lipinski definition) is 2. The molecule has 26 heavy (non-hydrogen) atoms. The maximum atomic E-state index is 10.0. The van der Waals surface area contributed by atoms with Gasteiger partial charge in [-0.3, -0.25) is 4.79 Å². The number of aldehydes is 1. The van der Waals surface area contributed by atoms with Gasteiger partial charge in [0.25, 0.3) is 0 Å². The van der Waals surface area contributed by atoms with E-state index in [9.17, 15) is 4.79 Å². The Hall–Kier alpha value is -1.68. The molecule has 0 aromatic heterocycles. The lowest BCUT2D eigenvalue weighted by Crippen LogP contribution is -2.43. The molecule has 0 radical (unpaired) electrons. The molecule has 0 aliphatic carbocycles. The van der Waals surface area contributed by atoms with Gasteiger partial charge in [0.1, 0.15) is 6.29 Å². The average molecular weight is 374 g/mol. The summed E-state index contributed by atoms with van der Waals surface area (Å²) in [4.78, 5) is 10.0. The molecule has 0 bridgehead atoms. The molecule has 2 N–H and O–H groups in total. The Labute approximate surface area is 161 Å². The fourth-order valence-electron chi connectivity index (χ4n) is 3.44. The largest absolute Gasteiger partial charge is 0.396 e. The first-order chi connectivity index (χ1) is 12.6. The van der Waals surface area contributed by atoms with Gasteiger partial charge in [-0.1, -0.05) is 54.1 Å². The van der Waals surface area contributed by atoms with Crippen LogP contribution in [0.4, 0.5) is 0 Å². The number of piperidine rings is 1. The van der Waals surface area contributed by atoms with Crippen LogP contribution in [-0.4, -0.2) is 31.1 Å². The molecular formula is C22H28ClNO2. The summed E-state index contributed by atoms with van der Waals surface area (Å²) in [6.45, 7) is 4.39. The van der Waals surface area contributed by atoms with Crippen LogP contribution in [0.25, 0.3) is 0 Å². The summed E-state index contributed by atoms with van der Waals surface area (Å²) < 4.78 is 0. The number of aliphatic hydroxyl groups is 1. The van der Waals surface area contributed by atoms with Gasteiger partial charge < -0.3 is 10.4 Å². The van der Waals surface area contributed by atoms with Crippen molar-refractivity contribution in [2.45, 2.75) is 38.0 Å². The predicted molar refractivity (Wildman–Crippen MR) is 108 cm³/mol. The Balaban J connectivity index is 0.000000254. The topological polar surface area (TPSA) is 49.3 Å². The van der Waals surface area contributed by atoms with Gasteiger partial charge in [-0.05, 0) is 56.3 Å². The normalized spacial score (nSPS) is 19.3. The number of halogens is 1. The third-order valence-electron chi connectivity index (χ3n) is 5.01. The molecule has 140 valence electrons. The number of nitrogens with one attached hydrogen (secondary N) is 1. The van der Waals surface area contributed by atoms with E-state index in [-0.39, 0.29) is 12.0 Å². The highest BCUT2D eigenvalue weighted by molar-refractivity contribution is 6.31. The Morgan fingerprint density at radius 2 is 2.00 bits per heavy atom. The van der Waals surface area contributed by atoms with Crippen molar-refractivity contribution in [3.8, 4) is 0 Å². The second-order valence-corrected chi connectivity index (χ2v) is 7.29. The SMILES string of the molecule is Cc1ccc(C2(CCCO)CCCNC2)cc1Cl.O=Cc1ccccc1. The van der Waals surface area contributed by atoms with E-state index in [0.29, 0.717) is 0 Å². The first kappa shape index (κ1) is 20.6. The summed E-state index contributed by atoms with van der Waals surface area (Å²) in [6.07, 6.45) is 5.08. The van der Waals surface area contributed by atoms with Gasteiger partial charge in [-0.25, -0.2) is 0 Å². The zero-order chi connectivity index (χ0) is 18.8. The van der Waals surface area contributed by atoms with Crippen LogP contribution < -0.4 is 5.32 Å². The highest BCUT2D eigenvalue weighted by Gasteiger charge is 2.33. The van der Waals surface area contributed by atoms with Crippen molar-refractivity contribution in [1.82, 2.24) is 5.32 Å². The third kappa shape index (κ3) is 5.66. The van der Waals surface area contributed by atoms with E-state index in [1.54, 1.807) is 12.1 Å². The van der Waals surface area contributed by atoms with E-state index in [2.05, 4.69) is 23.5 Å². The first-order valence-electron chi connectivity index (χ1n) is 9.20. The summed E-state index contributed by atoms with van der Waals surface area (Å²) >= 11 is 6.26. The summed E-state index contributed by atoms with van der Waals surface area (Å²) in [5.74, 6) is 0. The second kappa shape index (κ2) is 10.5. The molecule has 0 spiro atoms. The zero-order valence-corrected chi connectivity index (χ0v) is 16.1. The highest BCUT2D eigenvalue weighted by Crippen LogP contribution is 2.37. The number of aliphatic hydroxyl groups excluding tert-OH is 1. The molecule has 1 saturated heterocycles. The van der Waals surface area contributed by atoms with Gasteiger partial charge in [-0.2, -0.15) is 0 Å². The minimum absolute atomic E-state index is 0.151. The van der Waals surface area contributed by atoms with Gasteiger partial charge in [0.2, 0.25) is 0 Å². The number of carbonyl (C=O) groups excluding carboxylic acids is 1. The van der Waals surface area contributed by atoms with Gasteiger partial charge in [-0.15, -0.1) is 0 Å². The fraction of sp³-hybridized carbons (Fsp3) is 0.409. The zero-order valence-electron chi connectivity index (χ0n) is 15.4. The lowest BCUT2D eigenvalue weighted by atomic mass is 9.71. The molecule has 3 rings (SSSR count). The van der Waals surface area contributed by atoms with Crippen LogP contribution in [-0.2, 0) is 5.41 Å². The van der Waals surface area contributed by atoms with Crippen LogP contribution in [0.1, 0.15) is 47.2 Å². The number of hydrogen-bond acceptors (Lipinski definition) is 3. The molecule has 1 atom stereocenters. The standard InChI is InChI=1S/C15H22ClNO.C7H6O/c1-12-4-5-13(10-14(12)16)15(7-3-9-18)6-2-8-17-11-15;8-6-7-4-2-1-3-5-7/h4-5,10,17-18H,2-3,6-9,11H2,1H3;1-6H. The van der Waals surface area contributed by atoms with Crippen molar-refractivity contribution < 1.29 is 9.90 Å². The van der Waals surface area contributed by atoms with Crippen molar-refractivity contribution in [3.05, 3.63) is 70.2 Å². The number of rotatable bonds is 5. The third-order valence-corrected chi connectivity index (χ3v) is 5.41. The van der Waals surface area contributed by atoms with E-state index >= 15 is 0 Å². The van der Waals surface area contributed by atoms with E-state index in [4.69, 9.17) is 16.7 Å². The number of carbonyl (C=O) groups is 1. The van der Waals surface area contributed by atoms with Crippen molar-refractivity contribution >= 4 is 17.9 Å². The predicted octanol–water partition coefficient (Wildman–Crippen LogP) is 4.54. The smallest absolute Gasteiger partial charge is 0.150 e. The Bertz CT molecular complexity index is 682. The molecular weight excluding hydrogens is 346 g/mol. The first-order valence-corrected chi connectivity index (χ1v) is 9.57. The number of aryl methyl sites for hydroxylation is 1. The molecule has 0 saturated carbocycles. The minimum atomic E-state index is 0.151. The van der Waals surface area contributed by atoms with Crippen LogP contribution in [0.15, 0.2) is 48.5 Å². The van der Waals surface area contributed by atoms with E-state index in [1.807, 2.05) is 25.1 Å². The second-order valence-electron chi connectivity index (χ2n) is 6.88. The Morgan fingerprint density at radius 3 is 2.54 bits per heavy atom. The fourth-order valence-corrected chi connectivity index (χ4v) is 3.62. The Kier molecular flexibility index (Phi) is 8.30. The van der Waals surface area contributed by atoms with Crippen LogP contribution in [0, 0.1) is 6.92 Å². The molecule has 1 heterocycles. The molecule has 3 nitrogen and oxygen atoms in total. The maximum Gasteiger partial charge on any atom is 0.150 e. The van der Waals surface area contributed by atoms with Crippen molar-refractivity contribution in [1.29, 1.82) is 0 Å². The lowest BCUT2D eigenvalue weighted by molar-refractivity contribution is 0.112. The average Bonchev–Trinajstić information content (AvgIpc) is 2.70. The van der Waals surface area contributed by atoms with E-state index in [1.165, 1.54) is 18.4 Å². The molecule has 1 aliphatic rings. The van der Waals surface area contributed by atoms with E-state index < -0.39 is 0 Å². The molecule has 0 amide bonds. The van der Waals surface area contributed by atoms with Gasteiger partial charge in [0.15, 0.2) is 0 Å². The summed E-state index contributed by atoms with van der Waals surface area (Å²) in [6, 6.07) is 15.5. The highest BCUT2D eigenvalue weighted by atomic mass is 35.5. The van der Waals surface area contributed by atoms with Crippen molar-refractivity contribution in [3.63, 3.8) is 0 Å². The lowest BCUT2D eigenvalue weighted by Gasteiger charge is -2.38. The van der Waals surface area contributed by atoms with Crippen LogP contribution in [0.2, 0.25) is 5.02 Å². The minimum Gasteiger partial charge on any atom is -0.396 e. The molecule has 1 fully saturated rings. The quantitative estimate of drug-likeness (QED) is 0.756. The maximum absolute atomic E-state index is 10.0. The summed E-state index contributed by atoms with van der Waals surface area (Å²) in [5, 5.41) is 13.5. The summed E-state index contributed by atoms with van der Waals surface area (Å²) in [5.41, 5.74) is 3.32. The van der Waals surface area contributed by atoms with Gasteiger partial charge in [0, 0.05) is 29.2 Å². The number of benzene rings is 2. The Morgan fingerprint density at radius 1 is 1.23 bits per heavy atom. The molecule has 1 unspecified atom stereocenters. The monoisotopic (exact) mass is 373 g/mol. The van der Waals surface area contributed by atoms with Crippen LogP contribution >= 0.6 is 11.6 Å². The van der Waals surface area contributed by atoms with Gasteiger partial charge >= 0.3 is 0 Å². The molecule has 2 aromatic carbocycles. The molecule has 1 aliphatic heterocycles.